The number of nitrogens with one attached hydrogen (secondary N) is 2. The Labute approximate surface area is 141 Å². The summed E-state index contributed by atoms with van der Waals surface area (Å²) in [7, 11) is 1.74. The fourth-order valence-electron chi connectivity index (χ4n) is 2.74. The van der Waals surface area contributed by atoms with Gasteiger partial charge >= 0.3 is 0 Å². The highest BCUT2D eigenvalue weighted by Gasteiger charge is 2.13. The molecule has 1 aliphatic rings. The lowest BCUT2D eigenvalue weighted by molar-refractivity contribution is -0.116. The van der Waals surface area contributed by atoms with Gasteiger partial charge in [0.05, 0.1) is 0 Å². The first-order valence-corrected chi connectivity index (χ1v) is 7.98. The molecule has 0 fully saturated rings. The highest BCUT2D eigenvalue weighted by Crippen LogP contribution is 2.17. The third-order valence-corrected chi connectivity index (χ3v) is 4.35. The molecule has 2 aromatic rings. The predicted molar refractivity (Wildman–Crippen MR) is 93.7 cm³/mol. The first-order valence-electron chi connectivity index (χ1n) is 7.98. The number of benzene rings is 2. The Hall–Kier alpha value is -2.66. The summed E-state index contributed by atoms with van der Waals surface area (Å²) in [5.41, 5.74) is 4.97. The molecule has 1 aliphatic heterocycles. The van der Waals surface area contributed by atoms with Crippen molar-refractivity contribution in [3.8, 4) is 0 Å². The van der Waals surface area contributed by atoms with Gasteiger partial charge in [-0.3, -0.25) is 9.59 Å². The van der Waals surface area contributed by atoms with Gasteiger partial charge in [-0.1, -0.05) is 18.2 Å². The average Bonchev–Trinajstić information content (AvgIpc) is 3.07. The lowest BCUT2D eigenvalue weighted by atomic mass is 10.1. The number of carbonyl (C=O) groups excluding carboxylic acids is 2. The predicted octanol–water partition coefficient (Wildman–Crippen LogP) is 2.20. The van der Waals surface area contributed by atoms with Crippen LogP contribution < -0.4 is 15.5 Å². The van der Waals surface area contributed by atoms with E-state index in [4.69, 9.17) is 0 Å². The van der Waals surface area contributed by atoms with Crippen molar-refractivity contribution in [1.29, 1.82) is 0 Å². The standard InChI is InChI=1S/C19H21N3O2/c1-13(23)22(2)18-7-3-14(4-8-18)10-21-19(24)15-5-6-16-11-20-12-17(16)9-15/h3-9,20H,10-12H2,1-2H3,(H,21,24). The molecule has 5 heteroatoms. The van der Waals surface area contributed by atoms with Crippen molar-refractivity contribution in [2.75, 3.05) is 11.9 Å². The van der Waals surface area contributed by atoms with E-state index in [1.165, 1.54) is 18.1 Å². The Bertz CT molecular complexity index is 769. The van der Waals surface area contributed by atoms with Gasteiger partial charge in [0, 0.05) is 44.9 Å². The van der Waals surface area contributed by atoms with E-state index >= 15 is 0 Å². The Morgan fingerprint density at radius 3 is 2.50 bits per heavy atom. The molecule has 0 aliphatic carbocycles. The minimum atomic E-state index is -0.0744. The second-order valence-corrected chi connectivity index (χ2v) is 6.01. The number of hydrogen-bond donors (Lipinski definition) is 2. The molecule has 0 radical (unpaired) electrons. The Balaban J connectivity index is 1.61. The van der Waals surface area contributed by atoms with Gasteiger partial charge in [0.15, 0.2) is 0 Å². The van der Waals surface area contributed by atoms with Gasteiger partial charge in [0.1, 0.15) is 0 Å². The van der Waals surface area contributed by atoms with Crippen LogP contribution in [0.1, 0.15) is 34.0 Å². The van der Waals surface area contributed by atoms with Crippen LogP contribution >= 0.6 is 0 Å². The fraction of sp³-hybridized carbons (Fsp3) is 0.263. The van der Waals surface area contributed by atoms with Crippen molar-refractivity contribution in [1.82, 2.24) is 10.6 Å². The third kappa shape index (κ3) is 3.46. The van der Waals surface area contributed by atoms with Crippen LogP contribution in [0, 0.1) is 0 Å². The maximum atomic E-state index is 12.3. The summed E-state index contributed by atoms with van der Waals surface area (Å²) in [5.74, 6) is -0.0863. The maximum absolute atomic E-state index is 12.3. The summed E-state index contributed by atoms with van der Waals surface area (Å²) >= 11 is 0. The molecule has 0 saturated heterocycles. The SMILES string of the molecule is CC(=O)N(C)c1ccc(CNC(=O)c2ccc3c(c2)CNC3)cc1. The molecule has 124 valence electrons. The molecule has 24 heavy (non-hydrogen) atoms. The molecule has 3 rings (SSSR count). The van der Waals surface area contributed by atoms with Crippen molar-refractivity contribution >= 4 is 17.5 Å². The van der Waals surface area contributed by atoms with E-state index in [-0.39, 0.29) is 11.8 Å². The second-order valence-electron chi connectivity index (χ2n) is 6.01. The Kier molecular flexibility index (Phi) is 4.62. The topological polar surface area (TPSA) is 61.4 Å². The molecule has 1 heterocycles. The van der Waals surface area contributed by atoms with Crippen LogP contribution in [-0.4, -0.2) is 18.9 Å². The van der Waals surface area contributed by atoms with Crippen LogP contribution in [0.25, 0.3) is 0 Å². The number of amides is 2. The molecule has 0 bridgehead atoms. The van der Waals surface area contributed by atoms with Crippen molar-refractivity contribution in [2.24, 2.45) is 0 Å². The molecule has 5 nitrogen and oxygen atoms in total. The first kappa shape index (κ1) is 16.2. The number of carbonyl (C=O) groups is 2. The summed E-state index contributed by atoms with van der Waals surface area (Å²) in [6.45, 7) is 3.68. The number of hydrogen-bond acceptors (Lipinski definition) is 3. The molecule has 0 spiro atoms. The van der Waals surface area contributed by atoms with E-state index in [2.05, 4.69) is 10.6 Å². The molecule has 2 amide bonds. The van der Waals surface area contributed by atoms with Crippen molar-refractivity contribution < 1.29 is 9.59 Å². The summed E-state index contributed by atoms with van der Waals surface area (Å²) < 4.78 is 0. The van der Waals surface area contributed by atoms with Crippen LogP contribution in [-0.2, 0) is 24.4 Å². The molecule has 2 N–H and O–H groups in total. The molecule has 0 unspecified atom stereocenters. The molecule has 0 atom stereocenters. The summed E-state index contributed by atoms with van der Waals surface area (Å²) in [4.78, 5) is 25.2. The normalized spacial score (nSPS) is 12.6. The van der Waals surface area contributed by atoms with E-state index in [9.17, 15) is 9.59 Å². The maximum Gasteiger partial charge on any atom is 0.251 e. The fourth-order valence-corrected chi connectivity index (χ4v) is 2.74. The average molecular weight is 323 g/mol. The number of fused-ring (bicyclic) bond motifs is 1. The van der Waals surface area contributed by atoms with E-state index in [0.29, 0.717) is 12.1 Å². The van der Waals surface area contributed by atoms with E-state index in [1.807, 2.05) is 42.5 Å². The monoisotopic (exact) mass is 323 g/mol. The number of nitrogens with zero attached hydrogens (tertiary/aromatic N) is 1. The largest absolute Gasteiger partial charge is 0.348 e. The van der Waals surface area contributed by atoms with E-state index in [0.717, 1.165) is 24.3 Å². The van der Waals surface area contributed by atoms with E-state index in [1.54, 1.807) is 11.9 Å². The molecule has 0 saturated carbocycles. The molecular weight excluding hydrogens is 302 g/mol. The van der Waals surface area contributed by atoms with Gasteiger partial charge in [0.2, 0.25) is 5.91 Å². The highest BCUT2D eigenvalue weighted by molar-refractivity contribution is 5.94. The first-order chi connectivity index (χ1) is 11.5. The van der Waals surface area contributed by atoms with E-state index < -0.39 is 0 Å². The molecular formula is C19H21N3O2. The zero-order chi connectivity index (χ0) is 17.1. The minimum Gasteiger partial charge on any atom is -0.348 e. The van der Waals surface area contributed by atoms with Gasteiger partial charge in [-0.05, 0) is 41.0 Å². The lowest BCUT2D eigenvalue weighted by Crippen LogP contribution is -2.24. The Morgan fingerprint density at radius 2 is 1.79 bits per heavy atom. The number of anilines is 1. The minimum absolute atomic E-state index is 0.0119. The van der Waals surface area contributed by atoms with Gasteiger partial charge in [-0.2, -0.15) is 0 Å². The molecule has 2 aromatic carbocycles. The van der Waals surface area contributed by atoms with Crippen LogP contribution in [0.2, 0.25) is 0 Å². The Morgan fingerprint density at radius 1 is 1.08 bits per heavy atom. The van der Waals surface area contributed by atoms with Crippen LogP contribution in [0.4, 0.5) is 5.69 Å². The van der Waals surface area contributed by atoms with Gasteiger partial charge < -0.3 is 15.5 Å². The zero-order valence-electron chi connectivity index (χ0n) is 13.9. The van der Waals surface area contributed by atoms with Crippen LogP contribution in [0.15, 0.2) is 42.5 Å². The van der Waals surface area contributed by atoms with Crippen molar-refractivity contribution in [3.05, 3.63) is 64.7 Å². The summed E-state index contributed by atoms with van der Waals surface area (Å²) in [6.07, 6.45) is 0. The van der Waals surface area contributed by atoms with Crippen LogP contribution in [0.5, 0.6) is 0 Å². The van der Waals surface area contributed by atoms with Gasteiger partial charge in [0.25, 0.3) is 5.91 Å². The second kappa shape index (κ2) is 6.84. The third-order valence-electron chi connectivity index (χ3n) is 4.35. The van der Waals surface area contributed by atoms with Gasteiger partial charge in [-0.25, -0.2) is 0 Å². The van der Waals surface area contributed by atoms with Crippen molar-refractivity contribution in [3.63, 3.8) is 0 Å². The zero-order valence-corrected chi connectivity index (χ0v) is 13.9. The quantitative estimate of drug-likeness (QED) is 0.907. The number of rotatable bonds is 4. The highest BCUT2D eigenvalue weighted by atomic mass is 16.2. The summed E-state index contributed by atoms with van der Waals surface area (Å²) in [6, 6.07) is 13.4. The van der Waals surface area contributed by atoms with Gasteiger partial charge in [-0.15, -0.1) is 0 Å². The lowest BCUT2D eigenvalue weighted by Gasteiger charge is -2.15. The summed E-state index contributed by atoms with van der Waals surface area (Å²) in [5, 5.41) is 6.21. The van der Waals surface area contributed by atoms with Crippen molar-refractivity contribution in [2.45, 2.75) is 26.6 Å². The van der Waals surface area contributed by atoms with Crippen LogP contribution in [0.3, 0.4) is 0 Å². The smallest absolute Gasteiger partial charge is 0.251 e. The molecule has 0 aromatic heterocycles.